The van der Waals surface area contributed by atoms with E-state index in [2.05, 4.69) is 39.3 Å². The van der Waals surface area contributed by atoms with E-state index in [4.69, 9.17) is 18.3 Å². The van der Waals surface area contributed by atoms with Crippen LogP contribution in [0, 0.1) is 0 Å². The summed E-state index contributed by atoms with van der Waals surface area (Å²) < 4.78 is 23.9. The van der Waals surface area contributed by atoms with Gasteiger partial charge in [0.25, 0.3) is 0 Å². The van der Waals surface area contributed by atoms with Crippen molar-refractivity contribution in [3.63, 3.8) is 0 Å². The second kappa shape index (κ2) is 6.23. The monoisotopic (exact) mass is 380 g/mol. The van der Waals surface area contributed by atoms with Crippen LogP contribution >= 0.6 is 0 Å². The fourth-order valence-corrected chi connectivity index (χ4v) is 5.77. The van der Waals surface area contributed by atoms with Gasteiger partial charge >= 0.3 is 0 Å². The van der Waals surface area contributed by atoms with Crippen LogP contribution in [0.4, 0.5) is 0 Å². The SMILES string of the molecule is C[Si](C)(C)OC(c1ccc2c(c1)OCO2)C1(O[Si](C)(C)C)CCC1=O. The number of ketones is 1. The van der Waals surface area contributed by atoms with E-state index in [1.807, 2.05) is 18.2 Å². The minimum Gasteiger partial charge on any atom is -0.454 e. The molecule has 2 unspecified atom stereocenters. The van der Waals surface area contributed by atoms with Gasteiger partial charge in [0.05, 0.1) is 0 Å². The average Bonchev–Trinajstić information content (AvgIpc) is 2.94. The summed E-state index contributed by atoms with van der Waals surface area (Å²) in [5.74, 6) is 1.59. The molecule has 5 nitrogen and oxygen atoms in total. The van der Waals surface area contributed by atoms with Crippen molar-refractivity contribution >= 4 is 22.4 Å². The fourth-order valence-electron chi connectivity index (χ4n) is 3.32. The number of Topliss-reactive ketones (excluding diaryl/α,β-unsaturated/α-hetero) is 1. The van der Waals surface area contributed by atoms with E-state index in [1.165, 1.54) is 0 Å². The second-order valence-corrected chi connectivity index (χ2v) is 17.6. The van der Waals surface area contributed by atoms with Crippen LogP contribution < -0.4 is 9.47 Å². The number of carbonyl (C=O) groups excluding carboxylic acids is 1. The molecular formula is C18H28O5Si2. The Morgan fingerprint density at radius 2 is 1.72 bits per heavy atom. The zero-order valence-corrected chi connectivity index (χ0v) is 18.0. The largest absolute Gasteiger partial charge is 0.454 e. The highest BCUT2D eigenvalue weighted by Crippen LogP contribution is 2.49. The molecule has 1 aliphatic heterocycles. The van der Waals surface area contributed by atoms with E-state index in [0.29, 0.717) is 18.6 Å². The summed E-state index contributed by atoms with van der Waals surface area (Å²) >= 11 is 0. The quantitative estimate of drug-likeness (QED) is 0.690. The molecule has 1 aliphatic carbocycles. The normalized spacial score (nSPS) is 24.2. The summed E-state index contributed by atoms with van der Waals surface area (Å²) in [6, 6.07) is 5.80. The smallest absolute Gasteiger partial charge is 0.231 e. The third-order valence-corrected chi connectivity index (χ3v) is 6.20. The predicted octanol–water partition coefficient (Wildman–Crippen LogP) is 4.26. The number of hydrogen-bond acceptors (Lipinski definition) is 5. The lowest BCUT2D eigenvalue weighted by Gasteiger charge is -2.50. The summed E-state index contributed by atoms with van der Waals surface area (Å²) in [6.07, 6.45) is 0.863. The van der Waals surface area contributed by atoms with Crippen LogP contribution in [-0.2, 0) is 13.6 Å². The maximum Gasteiger partial charge on any atom is 0.231 e. The molecule has 0 bridgehead atoms. The molecule has 7 heteroatoms. The molecule has 0 radical (unpaired) electrons. The Balaban J connectivity index is 2.03. The van der Waals surface area contributed by atoms with Crippen LogP contribution in [0.3, 0.4) is 0 Å². The first-order valence-corrected chi connectivity index (χ1v) is 15.6. The average molecular weight is 381 g/mol. The summed E-state index contributed by atoms with van der Waals surface area (Å²) in [6.45, 7) is 13.0. The molecule has 2 aliphatic rings. The standard InChI is InChI=1S/C18H28O5Si2/c1-24(2,3)22-17(13-7-8-14-15(11-13)21-12-20-14)18(10-9-16(18)19)23-25(4,5)6/h7-8,11,17H,9-10,12H2,1-6H3. The van der Waals surface area contributed by atoms with Gasteiger partial charge in [0, 0.05) is 6.42 Å². The lowest BCUT2D eigenvalue weighted by Crippen LogP contribution is -2.60. The zero-order chi connectivity index (χ0) is 18.5. The minimum absolute atomic E-state index is 0.149. The van der Waals surface area contributed by atoms with Crippen molar-refractivity contribution in [1.82, 2.24) is 0 Å². The first kappa shape index (κ1) is 18.6. The van der Waals surface area contributed by atoms with E-state index < -0.39 is 28.3 Å². The van der Waals surface area contributed by atoms with Gasteiger partial charge in [0.15, 0.2) is 33.9 Å². The van der Waals surface area contributed by atoms with Crippen molar-refractivity contribution in [3.05, 3.63) is 23.8 Å². The Morgan fingerprint density at radius 3 is 2.24 bits per heavy atom. The number of ether oxygens (including phenoxy) is 2. The van der Waals surface area contributed by atoms with E-state index in [1.54, 1.807) is 0 Å². The first-order valence-electron chi connectivity index (χ1n) is 8.81. The van der Waals surface area contributed by atoms with Gasteiger partial charge < -0.3 is 18.3 Å². The van der Waals surface area contributed by atoms with Crippen molar-refractivity contribution in [2.75, 3.05) is 6.79 Å². The molecule has 0 spiro atoms. The van der Waals surface area contributed by atoms with Crippen molar-refractivity contribution < 1.29 is 23.1 Å². The number of fused-ring (bicyclic) bond motifs is 1. The van der Waals surface area contributed by atoms with Crippen molar-refractivity contribution in [1.29, 1.82) is 0 Å². The van der Waals surface area contributed by atoms with Gasteiger partial charge in [-0.15, -0.1) is 0 Å². The summed E-state index contributed by atoms with van der Waals surface area (Å²) in [4.78, 5) is 12.7. The van der Waals surface area contributed by atoms with E-state index in [9.17, 15) is 4.79 Å². The molecule has 2 atom stereocenters. The highest BCUT2D eigenvalue weighted by atomic mass is 28.4. The fraction of sp³-hybridized carbons (Fsp3) is 0.611. The van der Waals surface area contributed by atoms with Gasteiger partial charge in [-0.05, 0) is 63.4 Å². The minimum atomic E-state index is -1.94. The van der Waals surface area contributed by atoms with Crippen molar-refractivity contribution in [2.45, 2.75) is 63.8 Å². The Bertz CT molecular complexity index is 677. The zero-order valence-electron chi connectivity index (χ0n) is 16.0. The molecular weight excluding hydrogens is 352 g/mol. The van der Waals surface area contributed by atoms with Gasteiger partial charge in [-0.2, -0.15) is 0 Å². The second-order valence-electron chi connectivity index (χ2n) is 8.75. The number of benzene rings is 1. The van der Waals surface area contributed by atoms with Crippen LogP contribution in [-0.4, -0.2) is 34.8 Å². The van der Waals surface area contributed by atoms with Gasteiger partial charge in [0.1, 0.15) is 11.7 Å². The van der Waals surface area contributed by atoms with E-state index >= 15 is 0 Å². The summed E-state index contributed by atoms with van der Waals surface area (Å²) in [7, 11) is -3.85. The number of hydrogen-bond donors (Lipinski definition) is 0. The van der Waals surface area contributed by atoms with Crippen LogP contribution in [0.15, 0.2) is 18.2 Å². The molecule has 1 saturated carbocycles. The van der Waals surface area contributed by atoms with Gasteiger partial charge in [-0.1, -0.05) is 6.07 Å². The highest BCUT2D eigenvalue weighted by Gasteiger charge is 2.56. The summed E-state index contributed by atoms with van der Waals surface area (Å²) in [5, 5.41) is 0. The van der Waals surface area contributed by atoms with E-state index in [-0.39, 0.29) is 12.6 Å². The Morgan fingerprint density at radius 1 is 1.04 bits per heavy atom. The Labute approximate surface area is 151 Å². The topological polar surface area (TPSA) is 54.0 Å². The van der Waals surface area contributed by atoms with E-state index in [0.717, 1.165) is 11.3 Å². The number of carbonyl (C=O) groups is 1. The molecule has 3 rings (SSSR count). The lowest BCUT2D eigenvalue weighted by atomic mass is 9.72. The third-order valence-electron chi connectivity index (χ3n) is 4.28. The van der Waals surface area contributed by atoms with Crippen molar-refractivity contribution in [3.8, 4) is 11.5 Å². The van der Waals surface area contributed by atoms with Gasteiger partial charge in [-0.25, -0.2) is 0 Å². The van der Waals surface area contributed by atoms with Gasteiger partial charge in [-0.3, -0.25) is 4.79 Å². The van der Waals surface area contributed by atoms with Crippen LogP contribution in [0.5, 0.6) is 11.5 Å². The molecule has 1 aromatic carbocycles. The lowest BCUT2D eigenvalue weighted by molar-refractivity contribution is -0.162. The predicted molar refractivity (Wildman–Crippen MR) is 101 cm³/mol. The maximum absolute atomic E-state index is 12.7. The van der Waals surface area contributed by atoms with Crippen LogP contribution in [0.2, 0.25) is 39.3 Å². The first-order chi connectivity index (χ1) is 11.5. The molecule has 138 valence electrons. The number of rotatable bonds is 6. The molecule has 0 N–H and O–H groups in total. The molecule has 1 aromatic rings. The third kappa shape index (κ3) is 3.84. The van der Waals surface area contributed by atoms with Crippen LogP contribution in [0.25, 0.3) is 0 Å². The van der Waals surface area contributed by atoms with Crippen molar-refractivity contribution in [2.24, 2.45) is 0 Å². The molecule has 0 aromatic heterocycles. The highest BCUT2D eigenvalue weighted by molar-refractivity contribution is 6.70. The molecule has 0 saturated heterocycles. The maximum atomic E-state index is 12.7. The van der Waals surface area contributed by atoms with Gasteiger partial charge in [0.2, 0.25) is 6.79 Å². The molecule has 25 heavy (non-hydrogen) atoms. The van der Waals surface area contributed by atoms with Crippen LogP contribution in [0.1, 0.15) is 24.5 Å². The molecule has 0 amide bonds. The molecule has 1 fully saturated rings. The Kier molecular flexibility index (Phi) is 4.64. The Hall–Kier alpha value is -1.16. The summed E-state index contributed by atoms with van der Waals surface area (Å²) in [5.41, 5.74) is 0.0660. The molecule has 1 heterocycles.